The van der Waals surface area contributed by atoms with Gasteiger partial charge in [0.2, 0.25) is 11.6 Å². The lowest BCUT2D eigenvalue weighted by atomic mass is 9.79. The molecule has 3 heterocycles. The Morgan fingerprint density at radius 1 is 0.698 bits per heavy atom. The Morgan fingerprint density at radius 3 is 1.59 bits per heavy atom. The van der Waals surface area contributed by atoms with E-state index in [0.29, 0.717) is 54.4 Å². The van der Waals surface area contributed by atoms with Gasteiger partial charge < -0.3 is 18.5 Å². The molecule has 1 saturated heterocycles. The summed E-state index contributed by atoms with van der Waals surface area (Å²) >= 11 is 19.0. The molecule has 9 rings (SSSR count). The minimum atomic E-state index is -0.539. The van der Waals surface area contributed by atoms with Crippen LogP contribution in [0.3, 0.4) is 0 Å². The number of alkyl halides is 1. The summed E-state index contributed by atoms with van der Waals surface area (Å²) in [5.74, 6) is 3.56. The predicted octanol–water partition coefficient (Wildman–Crippen LogP) is 13.0. The molecule has 2 aromatic heterocycles. The van der Waals surface area contributed by atoms with E-state index in [4.69, 9.17) is 53.3 Å². The maximum Gasteiger partial charge on any atom is 0.314 e. The van der Waals surface area contributed by atoms with Crippen LogP contribution in [0.25, 0.3) is 45.7 Å². The van der Waals surface area contributed by atoms with Gasteiger partial charge in [-0.25, -0.2) is 0 Å². The number of carbonyl (C=O) groups excluding carboxylic acids is 1. The molecule has 0 unspecified atom stereocenters. The Balaban J connectivity index is 0.000000188. The lowest BCUT2D eigenvalue weighted by molar-refractivity contribution is -0.162. The average molecular weight is 911 g/mol. The van der Waals surface area contributed by atoms with Gasteiger partial charge in [0.05, 0.1) is 18.6 Å². The molecular weight excluding hydrogens is 857 g/mol. The third kappa shape index (κ3) is 10.7. The monoisotopic (exact) mass is 909 g/mol. The molecule has 13 heteroatoms. The van der Waals surface area contributed by atoms with Crippen molar-refractivity contribution in [3.8, 4) is 45.7 Å². The average Bonchev–Trinajstić information content (AvgIpc) is 4.17. The summed E-state index contributed by atoms with van der Waals surface area (Å²) in [7, 11) is 1.64. The van der Waals surface area contributed by atoms with E-state index in [-0.39, 0.29) is 5.97 Å². The van der Waals surface area contributed by atoms with Gasteiger partial charge in [-0.2, -0.15) is 9.97 Å². The fourth-order valence-electron chi connectivity index (χ4n) is 9.24. The Kier molecular flexibility index (Phi) is 15.0. The largest absolute Gasteiger partial charge is 0.465 e. The number of hydrogen-bond acceptors (Lipinski definition) is 10. The van der Waals surface area contributed by atoms with E-state index in [2.05, 4.69) is 49.4 Å². The van der Waals surface area contributed by atoms with Crippen molar-refractivity contribution in [1.29, 1.82) is 0 Å². The molecule has 6 aromatic rings. The number of carbonyl (C=O) groups is 1. The fraction of sp³-hybridized carbons (Fsp3) is 0.420. The maximum absolute atomic E-state index is 12.6. The highest BCUT2D eigenvalue weighted by molar-refractivity contribution is 6.32. The van der Waals surface area contributed by atoms with Crippen LogP contribution < -0.4 is 0 Å². The number of likely N-dealkylation sites (tertiary alicyclic amines) is 1. The van der Waals surface area contributed by atoms with Crippen molar-refractivity contribution in [2.24, 2.45) is 5.41 Å². The highest BCUT2D eigenvalue weighted by Crippen LogP contribution is 2.41. The molecular formula is C50H54Cl3N5O5. The summed E-state index contributed by atoms with van der Waals surface area (Å²) in [6, 6.07) is 28.2. The summed E-state index contributed by atoms with van der Waals surface area (Å²) in [6.45, 7) is 5.09. The van der Waals surface area contributed by atoms with Crippen molar-refractivity contribution in [2.45, 2.75) is 95.4 Å². The van der Waals surface area contributed by atoms with Crippen LogP contribution in [0.5, 0.6) is 0 Å². The van der Waals surface area contributed by atoms with Crippen molar-refractivity contribution < 1.29 is 23.3 Å². The molecule has 1 aliphatic heterocycles. The Hall–Kier alpha value is -4.58. The van der Waals surface area contributed by atoms with Crippen LogP contribution in [0.4, 0.5) is 0 Å². The smallest absolute Gasteiger partial charge is 0.314 e. The molecule has 0 bridgehead atoms. The van der Waals surface area contributed by atoms with Gasteiger partial charge in [0.25, 0.3) is 11.8 Å². The SMILES string of the molecule is CCOC(=O)C1(COC)CCN(Cc2ccc(-c3noc(-c4ccc(C5CCCC5)c(Cl)c4)n3)cc2)CC1.ClCc1ccc(-c2noc(-c3ccc(C4CCCC4)c(Cl)c3)n2)cc1. The van der Waals surface area contributed by atoms with Gasteiger partial charge in [-0.1, -0.05) is 120 Å². The number of hydrogen-bond donors (Lipinski definition) is 0. The van der Waals surface area contributed by atoms with Crippen molar-refractivity contribution in [2.75, 3.05) is 33.4 Å². The van der Waals surface area contributed by atoms with Crippen LogP contribution in [-0.2, 0) is 26.7 Å². The molecule has 0 N–H and O–H groups in total. The zero-order valence-electron chi connectivity index (χ0n) is 36.0. The van der Waals surface area contributed by atoms with Gasteiger partial charge in [0, 0.05) is 51.8 Å². The number of nitrogens with zero attached hydrogens (tertiary/aromatic N) is 5. The summed E-state index contributed by atoms with van der Waals surface area (Å²) in [6.07, 6.45) is 11.5. The minimum absolute atomic E-state index is 0.141. The highest BCUT2D eigenvalue weighted by atomic mass is 35.5. The highest BCUT2D eigenvalue weighted by Gasteiger charge is 2.43. The molecule has 10 nitrogen and oxygen atoms in total. The van der Waals surface area contributed by atoms with Crippen LogP contribution in [0.1, 0.15) is 105 Å². The van der Waals surface area contributed by atoms with Crippen molar-refractivity contribution in [3.05, 3.63) is 117 Å². The number of benzene rings is 4. The van der Waals surface area contributed by atoms with Crippen molar-refractivity contribution >= 4 is 40.8 Å². The molecule has 4 aromatic carbocycles. The first-order valence-corrected chi connectivity index (χ1v) is 23.4. The topological polar surface area (TPSA) is 117 Å². The third-order valence-corrected chi connectivity index (χ3v) is 13.8. The molecule has 3 fully saturated rings. The molecule has 0 spiro atoms. The van der Waals surface area contributed by atoms with Crippen LogP contribution in [0.2, 0.25) is 10.0 Å². The van der Waals surface area contributed by atoms with E-state index < -0.39 is 5.41 Å². The van der Waals surface area contributed by atoms with Gasteiger partial charge >= 0.3 is 5.97 Å². The molecule has 0 atom stereocenters. The number of aromatic nitrogens is 4. The number of rotatable bonds is 13. The van der Waals surface area contributed by atoms with Gasteiger partial charge in [-0.05, 0) is 117 Å². The zero-order chi connectivity index (χ0) is 43.8. The van der Waals surface area contributed by atoms with E-state index in [0.717, 1.165) is 70.3 Å². The molecule has 0 radical (unpaired) electrons. The first kappa shape index (κ1) is 45.0. The number of ether oxygens (including phenoxy) is 2. The lowest BCUT2D eigenvalue weighted by Crippen LogP contribution is -2.47. The molecule has 2 aliphatic carbocycles. The summed E-state index contributed by atoms with van der Waals surface area (Å²) in [4.78, 5) is 24.1. The second-order valence-electron chi connectivity index (χ2n) is 17.0. The Bertz CT molecular complexity index is 2430. The maximum atomic E-state index is 12.6. The van der Waals surface area contributed by atoms with Crippen LogP contribution >= 0.6 is 34.8 Å². The molecule has 2 saturated carbocycles. The number of piperidine rings is 1. The second kappa shape index (κ2) is 20.9. The zero-order valence-corrected chi connectivity index (χ0v) is 38.2. The van der Waals surface area contributed by atoms with Crippen LogP contribution in [-0.4, -0.2) is 64.6 Å². The van der Waals surface area contributed by atoms with E-state index >= 15 is 0 Å². The van der Waals surface area contributed by atoms with Crippen LogP contribution in [0.15, 0.2) is 94.0 Å². The summed E-state index contributed by atoms with van der Waals surface area (Å²) in [5, 5.41) is 9.86. The van der Waals surface area contributed by atoms with Crippen molar-refractivity contribution in [3.63, 3.8) is 0 Å². The van der Waals surface area contributed by atoms with Gasteiger partial charge in [-0.3, -0.25) is 9.69 Å². The lowest BCUT2D eigenvalue weighted by Gasteiger charge is -2.39. The van der Waals surface area contributed by atoms with Gasteiger partial charge in [-0.15, -0.1) is 11.6 Å². The normalized spacial score (nSPS) is 16.8. The quantitative estimate of drug-likeness (QED) is 0.0819. The van der Waals surface area contributed by atoms with E-state index in [1.54, 1.807) is 7.11 Å². The van der Waals surface area contributed by atoms with Gasteiger partial charge in [0.15, 0.2) is 0 Å². The molecule has 330 valence electrons. The minimum Gasteiger partial charge on any atom is -0.465 e. The Labute approximate surface area is 384 Å². The number of esters is 1. The summed E-state index contributed by atoms with van der Waals surface area (Å²) < 4.78 is 21.7. The molecule has 3 aliphatic rings. The van der Waals surface area contributed by atoms with Crippen molar-refractivity contribution in [1.82, 2.24) is 25.2 Å². The van der Waals surface area contributed by atoms with E-state index in [1.807, 2.05) is 67.6 Å². The summed E-state index contributed by atoms with van der Waals surface area (Å²) in [5.41, 5.74) is 7.66. The fourth-order valence-corrected chi connectivity index (χ4v) is 10.1. The molecule has 63 heavy (non-hydrogen) atoms. The number of halogens is 3. The predicted molar refractivity (Wildman–Crippen MR) is 248 cm³/mol. The van der Waals surface area contributed by atoms with Crippen LogP contribution in [0, 0.1) is 5.41 Å². The third-order valence-electron chi connectivity index (χ3n) is 12.9. The first-order valence-electron chi connectivity index (χ1n) is 22.2. The second-order valence-corrected chi connectivity index (χ2v) is 18.1. The first-order chi connectivity index (χ1) is 30.7. The van der Waals surface area contributed by atoms with Gasteiger partial charge in [0.1, 0.15) is 0 Å². The van der Waals surface area contributed by atoms with E-state index in [9.17, 15) is 4.79 Å². The standard InChI is InChI=1S/C30H36ClN3O4.C20H18Cl2N2O/c1-3-37-29(35)30(20-36-2)14-16-34(17-15-30)19-21-8-10-23(11-9-21)27-32-28(38-33-27)24-12-13-25(26(31)18-24)22-6-4-5-7-22;21-12-13-5-7-15(8-6-13)19-23-20(25-24-19)16-9-10-17(18(22)11-16)14-3-1-2-4-14/h8-13,18,22H,3-7,14-17,19-20H2,1-2H3;5-11,14H,1-4,12H2. The molecule has 0 amide bonds. The van der Waals surface area contributed by atoms with E-state index in [1.165, 1.54) is 68.1 Å². The Morgan fingerprint density at radius 2 is 1.16 bits per heavy atom. The number of methoxy groups -OCH3 is 1.